The van der Waals surface area contributed by atoms with Crippen LogP contribution in [0.3, 0.4) is 0 Å². The van der Waals surface area contributed by atoms with E-state index in [2.05, 4.69) is 38.2 Å². The summed E-state index contributed by atoms with van der Waals surface area (Å²) in [4.78, 5) is 4.63. The predicted molar refractivity (Wildman–Crippen MR) is 85.1 cm³/mol. The average molecular weight is 350 g/mol. The van der Waals surface area contributed by atoms with Crippen molar-refractivity contribution in [3.63, 3.8) is 0 Å². The Kier molecular flexibility index (Phi) is 4.40. The molecule has 0 unspecified atom stereocenters. The van der Waals surface area contributed by atoms with Gasteiger partial charge in [0.05, 0.1) is 5.41 Å². The largest absolute Gasteiger partial charge is 0.339 e. The first kappa shape index (κ1) is 14.7. The van der Waals surface area contributed by atoms with Gasteiger partial charge in [-0.15, -0.1) is 0 Å². The van der Waals surface area contributed by atoms with Crippen LogP contribution in [0.15, 0.2) is 33.3 Å². The first-order valence-corrected chi connectivity index (χ1v) is 8.29. The highest BCUT2D eigenvalue weighted by Gasteiger charge is 2.37. The summed E-state index contributed by atoms with van der Waals surface area (Å²) >= 11 is 3.44. The van der Waals surface area contributed by atoms with E-state index in [9.17, 15) is 0 Å². The van der Waals surface area contributed by atoms with Crippen molar-refractivity contribution in [3.8, 4) is 0 Å². The molecule has 1 heterocycles. The summed E-state index contributed by atoms with van der Waals surface area (Å²) in [6, 6.07) is 8.19. The van der Waals surface area contributed by atoms with E-state index in [0.29, 0.717) is 13.0 Å². The lowest BCUT2D eigenvalue weighted by Gasteiger charge is -2.32. The first-order valence-electron chi connectivity index (χ1n) is 7.49. The lowest BCUT2D eigenvalue weighted by atomic mass is 9.74. The molecule has 0 amide bonds. The van der Waals surface area contributed by atoms with Crippen molar-refractivity contribution in [2.45, 2.75) is 43.9 Å². The molecule has 0 radical (unpaired) electrons. The normalized spacial score (nSPS) is 17.8. The second-order valence-corrected chi connectivity index (χ2v) is 6.78. The summed E-state index contributed by atoms with van der Waals surface area (Å²) < 4.78 is 6.62. The van der Waals surface area contributed by atoms with Crippen molar-refractivity contribution in [1.82, 2.24) is 10.1 Å². The Labute approximate surface area is 133 Å². The van der Waals surface area contributed by atoms with E-state index in [0.717, 1.165) is 29.0 Å². The summed E-state index contributed by atoms with van der Waals surface area (Å²) in [5.41, 5.74) is 7.10. The minimum atomic E-state index is -0.0940. The maximum absolute atomic E-state index is 6.02. The highest BCUT2D eigenvalue weighted by molar-refractivity contribution is 9.10. The number of rotatable bonds is 4. The Morgan fingerprint density at radius 3 is 2.52 bits per heavy atom. The van der Waals surface area contributed by atoms with Crippen LogP contribution < -0.4 is 5.73 Å². The van der Waals surface area contributed by atoms with Crippen LogP contribution in [0.4, 0.5) is 0 Å². The third kappa shape index (κ3) is 3.19. The van der Waals surface area contributed by atoms with Gasteiger partial charge in [-0.1, -0.05) is 52.5 Å². The first-order chi connectivity index (χ1) is 10.2. The van der Waals surface area contributed by atoms with Gasteiger partial charge in [0.2, 0.25) is 5.89 Å². The van der Waals surface area contributed by atoms with E-state index >= 15 is 0 Å². The van der Waals surface area contributed by atoms with E-state index in [1.54, 1.807) is 0 Å². The smallest absolute Gasteiger partial charge is 0.234 e. The van der Waals surface area contributed by atoms with Gasteiger partial charge in [-0.3, -0.25) is 0 Å². The van der Waals surface area contributed by atoms with Crippen LogP contribution in [-0.2, 0) is 11.8 Å². The molecule has 0 spiro atoms. The molecule has 1 aromatic heterocycles. The molecular weight excluding hydrogens is 330 g/mol. The molecule has 0 aliphatic heterocycles. The molecule has 112 valence electrons. The van der Waals surface area contributed by atoms with Crippen molar-refractivity contribution in [3.05, 3.63) is 46.0 Å². The molecule has 1 aromatic carbocycles. The Morgan fingerprint density at radius 1 is 1.14 bits per heavy atom. The summed E-state index contributed by atoms with van der Waals surface area (Å²) in [6.07, 6.45) is 6.48. The molecule has 1 aliphatic carbocycles. The molecule has 0 bridgehead atoms. The molecular formula is C16H20BrN3O. The van der Waals surface area contributed by atoms with Crippen LogP contribution in [0.2, 0.25) is 0 Å². The zero-order valence-corrected chi connectivity index (χ0v) is 13.6. The molecule has 4 nitrogen and oxygen atoms in total. The zero-order chi connectivity index (χ0) is 14.7. The molecule has 0 saturated heterocycles. The van der Waals surface area contributed by atoms with Crippen LogP contribution >= 0.6 is 15.9 Å². The van der Waals surface area contributed by atoms with E-state index in [1.807, 2.05) is 12.1 Å². The maximum Gasteiger partial charge on any atom is 0.234 e. The second-order valence-electron chi connectivity index (χ2n) is 5.86. The van der Waals surface area contributed by atoms with E-state index < -0.39 is 0 Å². The lowest BCUT2D eigenvalue weighted by molar-refractivity contribution is 0.219. The monoisotopic (exact) mass is 349 g/mol. The van der Waals surface area contributed by atoms with Crippen LogP contribution in [0.1, 0.15) is 49.4 Å². The van der Waals surface area contributed by atoms with Crippen molar-refractivity contribution < 1.29 is 4.52 Å². The number of halogens is 1. The Hall–Kier alpha value is -1.20. The second kappa shape index (κ2) is 6.28. The van der Waals surface area contributed by atoms with Crippen LogP contribution in [0.25, 0.3) is 0 Å². The molecule has 2 aromatic rings. The topological polar surface area (TPSA) is 64.9 Å². The van der Waals surface area contributed by atoms with E-state index in [1.165, 1.54) is 24.8 Å². The fraction of sp³-hybridized carbons (Fsp3) is 0.500. The highest BCUT2D eigenvalue weighted by Crippen LogP contribution is 2.37. The SMILES string of the molecule is NCC1(c2nc(Cc3ccc(Br)cc3)no2)CCCCC1. The van der Waals surface area contributed by atoms with Gasteiger partial charge in [-0.05, 0) is 30.5 Å². The number of nitrogens with zero attached hydrogens (tertiary/aromatic N) is 2. The van der Waals surface area contributed by atoms with Crippen molar-refractivity contribution in [2.24, 2.45) is 5.73 Å². The summed E-state index contributed by atoms with van der Waals surface area (Å²) in [7, 11) is 0. The average Bonchev–Trinajstić information content (AvgIpc) is 2.99. The van der Waals surface area contributed by atoms with Crippen molar-refractivity contribution in [2.75, 3.05) is 6.54 Å². The zero-order valence-electron chi connectivity index (χ0n) is 12.0. The summed E-state index contributed by atoms with van der Waals surface area (Å²) in [6.45, 7) is 0.590. The molecule has 5 heteroatoms. The molecule has 1 aliphatic rings. The molecule has 2 N–H and O–H groups in total. The minimum Gasteiger partial charge on any atom is -0.339 e. The molecule has 3 rings (SSSR count). The number of benzene rings is 1. The number of aromatic nitrogens is 2. The van der Waals surface area contributed by atoms with Crippen molar-refractivity contribution in [1.29, 1.82) is 0 Å². The molecule has 0 atom stereocenters. The molecule has 1 fully saturated rings. The number of nitrogens with two attached hydrogens (primary N) is 1. The fourth-order valence-corrected chi connectivity index (χ4v) is 3.32. The quantitative estimate of drug-likeness (QED) is 0.915. The van der Waals surface area contributed by atoms with Gasteiger partial charge in [0, 0.05) is 17.4 Å². The molecule has 21 heavy (non-hydrogen) atoms. The standard InChI is InChI=1S/C16H20BrN3O/c17-13-6-4-12(5-7-13)10-14-19-15(21-20-14)16(11-18)8-2-1-3-9-16/h4-7H,1-3,8-11,18H2. The van der Waals surface area contributed by atoms with Crippen molar-refractivity contribution >= 4 is 15.9 Å². The van der Waals surface area contributed by atoms with E-state index in [-0.39, 0.29) is 5.41 Å². The molecule has 1 saturated carbocycles. The van der Waals surface area contributed by atoms with Gasteiger partial charge in [0.25, 0.3) is 0 Å². The summed E-state index contributed by atoms with van der Waals surface area (Å²) in [5, 5.41) is 4.15. The fourth-order valence-electron chi connectivity index (χ4n) is 3.06. The third-order valence-corrected chi connectivity index (χ3v) is 4.93. The van der Waals surface area contributed by atoms with Gasteiger partial charge in [-0.25, -0.2) is 0 Å². The van der Waals surface area contributed by atoms with Crippen LogP contribution in [0, 0.1) is 0 Å². The maximum atomic E-state index is 6.02. The van der Waals surface area contributed by atoms with E-state index in [4.69, 9.17) is 10.3 Å². The lowest BCUT2D eigenvalue weighted by Crippen LogP contribution is -2.37. The van der Waals surface area contributed by atoms with Gasteiger partial charge in [0.15, 0.2) is 5.82 Å². The Bertz CT molecular complexity index is 588. The Balaban J connectivity index is 1.77. The minimum absolute atomic E-state index is 0.0940. The Morgan fingerprint density at radius 2 is 1.86 bits per heavy atom. The van der Waals surface area contributed by atoms with Gasteiger partial charge >= 0.3 is 0 Å². The number of hydrogen-bond acceptors (Lipinski definition) is 4. The van der Waals surface area contributed by atoms with Gasteiger partial charge < -0.3 is 10.3 Å². The van der Waals surface area contributed by atoms with Crippen LogP contribution in [0.5, 0.6) is 0 Å². The highest BCUT2D eigenvalue weighted by atomic mass is 79.9. The number of hydrogen-bond donors (Lipinski definition) is 1. The van der Waals surface area contributed by atoms with Gasteiger partial charge in [0.1, 0.15) is 0 Å². The van der Waals surface area contributed by atoms with Crippen LogP contribution in [-0.4, -0.2) is 16.7 Å². The van der Waals surface area contributed by atoms with Gasteiger partial charge in [-0.2, -0.15) is 4.98 Å². The summed E-state index contributed by atoms with van der Waals surface area (Å²) in [5.74, 6) is 1.47. The third-order valence-electron chi connectivity index (χ3n) is 4.40. The predicted octanol–water partition coefficient (Wildman–Crippen LogP) is 3.58.